The lowest BCUT2D eigenvalue weighted by molar-refractivity contribution is -0.199. The molecule has 0 spiro atoms. The number of piperazine rings is 2. The first-order valence-corrected chi connectivity index (χ1v) is 32.8. The summed E-state index contributed by atoms with van der Waals surface area (Å²) in [4.78, 5) is 65.1. The number of likely N-dealkylation sites (tertiary alicyclic amines) is 2. The number of carbonyl (C=O) groups is 4. The molecule has 8 atom stereocenters. The summed E-state index contributed by atoms with van der Waals surface area (Å²) in [5.41, 5.74) is 1.07. The minimum Gasteiger partial charge on any atom is -0.444 e. The topological polar surface area (TPSA) is 277 Å². The maximum Gasteiger partial charge on any atom is 0.482 e. The molecule has 91 heavy (non-hydrogen) atoms. The fraction of sp³-hybridized carbons (Fsp3) is 0.667. The van der Waals surface area contributed by atoms with Gasteiger partial charge in [0.05, 0.1) is 36.7 Å². The molecule has 5 saturated heterocycles. The summed E-state index contributed by atoms with van der Waals surface area (Å²) < 4.78 is 24.8. The predicted octanol–water partition coefficient (Wildman–Crippen LogP) is 4.98. The molecule has 496 valence electrons. The second-order valence-electron chi connectivity index (χ2n) is 28.3. The van der Waals surface area contributed by atoms with E-state index >= 15 is 0 Å². The molecule has 6 N–H and O–H groups in total. The molecular weight excluding hydrogens is 1160 g/mol. The minimum absolute atomic E-state index is 0.00176. The van der Waals surface area contributed by atoms with Crippen LogP contribution in [0.3, 0.4) is 0 Å². The summed E-state index contributed by atoms with van der Waals surface area (Å²) in [7, 11) is 0.705. The zero-order valence-corrected chi connectivity index (χ0v) is 55.8. The van der Waals surface area contributed by atoms with Gasteiger partial charge in [-0.15, -0.1) is 0 Å². The first kappa shape index (κ1) is 72.6. The molecule has 2 aromatic rings. The van der Waals surface area contributed by atoms with Gasteiger partial charge in [-0.05, 0) is 153 Å². The van der Waals surface area contributed by atoms with Crippen molar-refractivity contribution in [1.82, 2.24) is 40.0 Å². The highest BCUT2D eigenvalue weighted by atomic mass is 16.7. The number of alkyl carbamates (subject to hydrolysis) is 2. The standard InChI is InChI=1S/C36H52BN5O5.C26H38BN5O5.C4H11BO2/c1-34(2,42-17-15-40(6)16-18-42)22-26(23-38)32(43)41-14-10-13-28(24-41)45-33(44)39-31(19-25-11-8-7-9-12-25)37-46-30-21-27-20-29(35(27,3)4)36(30,5)47-37;1-26(2,32-14-12-30(3)13-15-32)17-21(18-28)24(33)31-11-7-10-22(19-31)37-25(34)29-23(27(35)36)16-20-8-5-4-6-9-20;1-4(2)3-5(6)7/h7-9,11-12,22,27-31H,10,13-21,24H2,1-6H3,(H,39,44);4-6,8-9,17,22-23,35-36H,7,10-16,19H2,1-3H3,(H,29,34);4,6-7H,3H2,1-2H3/t27-,28-,29-,30+,31-,36-;22-,23-;/m00./s1. The van der Waals surface area contributed by atoms with Crippen molar-refractivity contribution in [1.29, 1.82) is 10.5 Å². The van der Waals surface area contributed by atoms with E-state index in [1.54, 1.807) is 22.0 Å². The monoisotopic (exact) mass is 1260 g/mol. The molecule has 4 amide bonds. The Balaban J connectivity index is 0.000000240. The molecule has 2 aromatic carbocycles. The van der Waals surface area contributed by atoms with Gasteiger partial charge in [0.15, 0.2) is 0 Å². The SMILES string of the molecule is CC(C)CB(O)O.CN1CCN(C(C)(C)C=C(C#N)C(=O)N2CCC[C@H](OC(=O)N[C@@H](Cc3ccccc3)B(O)O)C2)CC1.CN1CCN(C(C)(C)C=C(C#N)C(=O)N2CCC[C@H](OC(=O)N[C@@H](Cc3ccccc3)B3O[C@@H]4C[C@@H]5C[C@@H](C5(C)C)[C@]4(C)O3)C2)CC1. The van der Waals surface area contributed by atoms with E-state index in [1.807, 2.05) is 88.4 Å². The maximum absolute atomic E-state index is 13.6. The Bertz CT molecular complexity index is 2870. The fourth-order valence-corrected chi connectivity index (χ4v) is 14.1. The van der Waals surface area contributed by atoms with Crippen LogP contribution in [0.15, 0.2) is 84.0 Å². The molecule has 8 aliphatic rings. The van der Waals surface area contributed by atoms with E-state index in [1.165, 1.54) is 0 Å². The zero-order chi connectivity index (χ0) is 66.4. The van der Waals surface area contributed by atoms with Crippen LogP contribution in [-0.4, -0.2) is 234 Å². The number of hydrogen-bond donors (Lipinski definition) is 6. The van der Waals surface area contributed by atoms with E-state index in [0.717, 1.165) is 76.3 Å². The number of ether oxygens (including phenoxy) is 2. The van der Waals surface area contributed by atoms with Crippen LogP contribution in [0.4, 0.5) is 9.59 Å². The van der Waals surface area contributed by atoms with Crippen molar-refractivity contribution < 1.29 is 58.1 Å². The molecule has 3 saturated carbocycles. The Morgan fingerprint density at radius 1 is 0.692 bits per heavy atom. The van der Waals surface area contributed by atoms with Gasteiger partial charge in [-0.3, -0.25) is 19.4 Å². The third-order valence-electron chi connectivity index (χ3n) is 19.8. The number of rotatable bonds is 18. The largest absolute Gasteiger partial charge is 0.482 e. The molecule has 0 radical (unpaired) electrons. The van der Waals surface area contributed by atoms with Gasteiger partial charge in [0.2, 0.25) is 0 Å². The van der Waals surface area contributed by atoms with Crippen LogP contribution < -0.4 is 10.6 Å². The average molecular weight is 1260 g/mol. The summed E-state index contributed by atoms with van der Waals surface area (Å²) in [6.07, 6.45) is 7.07. The molecule has 10 rings (SSSR count). The van der Waals surface area contributed by atoms with Gasteiger partial charge in [-0.25, -0.2) is 9.59 Å². The van der Waals surface area contributed by atoms with Gasteiger partial charge < -0.3 is 69.1 Å². The first-order valence-electron chi connectivity index (χ1n) is 32.8. The molecule has 0 aromatic heterocycles. The Kier molecular flexibility index (Phi) is 25.8. The summed E-state index contributed by atoms with van der Waals surface area (Å²) >= 11 is 0. The van der Waals surface area contributed by atoms with E-state index in [4.69, 9.17) is 28.8 Å². The van der Waals surface area contributed by atoms with E-state index in [2.05, 4.69) is 91.1 Å². The lowest BCUT2D eigenvalue weighted by atomic mass is 9.43. The van der Waals surface area contributed by atoms with Crippen molar-refractivity contribution in [2.45, 2.75) is 167 Å². The number of amides is 4. The van der Waals surface area contributed by atoms with Crippen molar-refractivity contribution in [3.05, 3.63) is 95.1 Å². The maximum atomic E-state index is 13.6. The molecule has 5 heterocycles. The number of likely N-dealkylation sites (N-methyl/N-ethyl adjacent to an activating group) is 2. The van der Waals surface area contributed by atoms with Crippen molar-refractivity contribution >= 4 is 45.4 Å². The van der Waals surface area contributed by atoms with E-state index in [-0.39, 0.29) is 54.0 Å². The predicted molar refractivity (Wildman–Crippen MR) is 350 cm³/mol. The molecule has 5 aliphatic heterocycles. The minimum atomic E-state index is -1.76. The van der Waals surface area contributed by atoms with E-state index < -0.39 is 74.3 Å². The first-order chi connectivity index (χ1) is 43.0. The van der Waals surface area contributed by atoms with Crippen LogP contribution in [0.2, 0.25) is 6.32 Å². The quantitative estimate of drug-likeness (QED) is 0.0653. The molecule has 25 heteroatoms. The van der Waals surface area contributed by atoms with Crippen LogP contribution in [0.1, 0.15) is 112 Å². The second kappa shape index (κ2) is 32.3. The normalized spacial score (nSPS) is 25.5. The van der Waals surface area contributed by atoms with Gasteiger partial charge >= 0.3 is 33.5 Å². The smallest absolute Gasteiger partial charge is 0.444 e. The number of benzene rings is 2. The number of nitriles is 2. The number of piperidine rings is 2. The third-order valence-corrected chi connectivity index (χ3v) is 19.8. The lowest BCUT2D eigenvalue weighted by Gasteiger charge is -2.64. The average Bonchev–Trinajstić information content (AvgIpc) is 1.66. The van der Waals surface area contributed by atoms with Crippen LogP contribution in [0.5, 0.6) is 0 Å². The highest BCUT2D eigenvalue weighted by Crippen LogP contribution is 2.65. The number of nitrogens with zero attached hydrogens (tertiary/aromatic N) is 8. The Labute approximate surface area is 541 Å². The summed E-state index contributed by atoms with van der Waals surface area (Å²) in [6, 6.07) is 23.5. The molecular formula is C66H101B3N10O12. The highest BCUT2D eigenvalue weighted by Gasteiger charge is 2.68. The lowest BCUT2D eigenvalue weighted by Crippen LogP contribution is -2.65. The van der Waals surface area contributed by atoms with E-state index in [9.17, 15) is 39.7 Å². The van der Waals surface area contributed by atoms with Gasteiger partial charge in [0.25, 0.3) is 11.8 Å². The number of hydrogen-bond acceptors (Lipinski definition) is 18. The second-order valence-corrected chi connectivity index (χ2v) is 28.3. The summed E-state index contributed by atoms with van der Waals surface area (Å²) in [5.74, 6) is -0.649. The molecule has 2 bridgehead atoms. The molecule has 3 aliphatic carbocycles. The Morgan fingerprint density at radius 3 is 1.55 bits per heavy atom. The van der Waals surface area contributed by atoms with E-state index in [0.29, 0.717) is 69.3 Å². The number of carbonyl (C=O) groups excluding carboxylic acids is 4. The van der Waals surface area contributed by atoms with Crippen molar-refractivity contribution in [3.8, 4) is 12.1 Å². The van der Waals surface area contributed by atoms with Crippen molar-refractivity contribution in [2.24, 2.45) is 23.2 Å². The van der Waals surface area contributed by atoms with Crippen molar-refractivity contribution in [2.75, 3.05) is 92.6 Å². The van der Waals surface area contributed by atoms with Gasteiger partial charge in [-0.2, -0.15) is 10.5 Å². The molecule has 8 fully saturated rings. The van der Waals surface area contributed by atoms with Gasteiger partial charge in [-0.1, -0.05) is 88.4 Å². The summed E-state index contributed by atoms with van der Waals surface area (Å²) in [5, 5.41) is 61.4. The highest BCUT2D eigenvalue weighted by molar-refractivity contribution is 6.48. The van der Waals surface area contributed by atoms with Crippen LogP contribution >= 0.6 is 0 Å². The molecule has 0 unspecified atom stereocenters. The Morgan fingerprint density at radius 2 is 1.14 bits per heavy atom. The third kappa shape index (κ3) is 19.9. The van der Waals surface area contributed by atoms with Crippen LogP contribution in [0.25, 0.3) is 0 Å². The Hall–Kier alpha value is -5.83. The number of nitrogens with one attached hydrogen (secondary N) is 2. The summed E-state index contributed by atoms with van der Waals surface area (Å²) in [6.45, 7) is 27.5. The zero-order valence-electron chi connectivity index (χ0n) is 55.8. The fourth-order valence-electron chi connectivity index (χ4n) is 14.1. The van der Waals surface area contributed by atoms with Gasteiger partial charge in [0, 0.05) is 76.5 Å². The molecule has 22 nitrogen and oxygen atoms in total. The van der Waals surface area contributed by atoms with Gasteiger partial charge in [0.1, 0.15) is 35.5 Å². The van der Waals surface area contributed by atoms with Crippen LogP contribution in [-0.2, 0) is 41.2 Å². The van der Waals surface area contributed by atoms with Crippen LogP contribution in [0, 0.1) is 45.8 Å². The van der Waals surface area contributed by atoms with Crippen molar-refractivity contribution in [3.63, 3.8) is 0 Å².